The molecule has 5 nitrogen and oxygen atoms in total. The molecule has 0 aliphatic rings. The summed E-state index contributed by atoms with van der Waals surface area (Å²) in [5, 5.41) is 2.64. The Morgan fingerprint density at radius 1 is 1.36 bits per heavy atom. The summed E-state index contributed by atoms with van der Waals surface area (Å²) >= 11 is 0. The van der Waals surface area contributed by atoms with Crippen molar-refractivity contribution in [3.05, 3.63) is 0 Å². The fourth-order valence-corrected chi connectivity index (χ4v) is 2.53. The normalized spacial score (nSPS) is 12.6. The van der Waals surface area contributed by atoms with Gasteiger partial charge in [-0.25, -0.2) is 4.79 Å². The van der Waals surface area contributed by atoms with E-state index >= 15 is 0 Å². The van der Waals surface area contributed by atoms with Crippen LogP contribution in [0.2, 0.25) is 5.54 Å². The molecule has 1 atom stereocenters. The van der Waals surface area contributed by atoms with Crippen LogP contribution in [0.15, 0.2) is 0 Å². The molecular weight excluding hydrogens is 202 g/mol. The number of carbonyl (C=O) groups is 1. The zero-order chi connectivity index (χ0) is 11.0. The predicted molar refractivity (Wildman–Crippen MR) is 54.2 cm³/mol. The van der Waals surface area contributed by atoms with E-state index in [2.05, 4.69) is 10.1 Å². The summed E-state index contributed by atoms with van der Waals surface area (Å²) in [5.74, 6) is 0. The van der Waals surface area contributed by atoms with Gasteiger partial charge >= 0.3 is 15.4 Å². The first kappa shape index (κ1) is 13.4. The first-order valence-corrected chi connectivity index (χ1v) is 5.85. The maximum Gasteiger partial charge on any atom is 0.406 e. The lowest BCUT2D eigenvalue weighted by Crippen LogP contribution is -2.35. The number of ether oxygens (including phenoxy) is 1. The zero-order valence-corrected chi connectivity index (χ0v) is 10.1. The standard InChI is InChI=1S/C8H18NO4Si/c1-5-7(14(12-3)13-4)6-9-8(10)11-2/h7H,5-6H2,1-4H3,(H,9,10). The van der Waals surface area contributed by atoms with Crippen molar-refractivity contribution < 1.29 is 18.4 Å². The highest BCUT2D eigenvalue weighted by atomic mass is 28.3. The molecule has 0 bridgehead atoms. The summed E-state index contributed by atoms with van der Waals surface area (Å²) in [6, 6.07) is 0. The Labute approximate surface area is 86.6 Å². The first-order valence-electron chi connectivity index (χ1n) is 4.46. The van der Waals surface area contributed by atoms with Crippen LogP contribution in [0.3, 0.4) is 0 Å². The largest absolute Gasteiger partial charge is 0.453 e. The Kier molecular flexibility index (Phi) is 7.45. The minimum Gasteiger partial charge on any atom is -0.453 e. The molecule has 0 aromatic carbocycles. The van der Waals surface area contributed by atoms with Gasteiger partial charge in [-0.1, -0.05) is 6.92 Å². The SMILES string of the molecule is CCC(CNC(=O)OC)[Si](OC)OC. The molecule has 14 heavy (non-hydrogen) atoms. The van der Waals surface area contributed by atoms with Gasteiger partial charge in [0.05, 0.1) is 7.11 Å². The van der Waals surface area contributed by atoms with Crippen LogP contribution in [0.5, 0.6) is 0 Å². The number of rotatable bonds is 6. The Balaban J connectivity index is 3.94. The highest BCUT2D eigenvalue weighted by Crippen LogP contribution is 2.14. The summed E-state index contributed by atoms with van der Waals surface area (Å²) in [5.41, 5.74) is 0.231. The molecule has 6 heteroatoms. The van der Waals surface area contributed by atoms with E-state index in [1.165, 1.54) is 7.11 Å². The van der Waals surface area contributed by atoms with Crippen molar-refractivity contribution in [2.45, 2.75) is 18.9 Å². The molecule has 0 fully saturated rings. The number of carbonyl (C=O) groups excluding carboxylic acids is 1. The van der Waals surface area contributed by atoms with E-state index in [0.29, 0.717) is 6.54 Å². The van der Waals surface area contributed by atoms with Gasteiger partial charge in [0.15, 0.2) is 0 Å². The second-order valence-corrected chi connectivity index (χ2v) is 4.98. The van der Waals surface area contributed by atoms with Gasteiger partial charge in [0, 0.05) is 26.3 Å². The minimum absolute atomic E-state index is 0.231. The van der Waals surface area contributed by atoms with Crippen molar-refractivity contribution in [3.63, 3.8) is 0 Å². The van der Waals surface area contributed by atoms with Crippen molar-refractivity contribution in [3.8, 4) is 0 Å². The molecule has 0 spiro atoms. The van der Waals surface area contributed by atoms with Crippen LogP contribution in [0.1, 0.15) is 13.3 Å². The van der Waals surface area contributed by atoms with E-state index in [9.17, 15) is 4.79 Å². The summed E-state index contributed by atoms with van der Waals surface area (Å²) in [4.78, 5) is 10.8. The van der Waals surface area contributed by atoms with Crippen LogP contribution in [-0.4, -0.2) is 43.3 Å². The molecule has 0 rings (SSSR count). The van der Waals surface area contributed by atoms with Crippen molar-refractivity contribution in [1.82, 2.24) is 5.32 Å². The predicted octanol–water partition coefficient (Wildman–Crippen LogP) is 0.904. The molecule has 0 aromatic heterocycles. The average molecular weight is 220 g/mol. The van der Waals surface area contributed by atoms with Crippen molar-refractivity contribution >= 4 is 15.4 Å². The molecule has 0 saturated carbocycles. The Morgan fingerprint density at radius 3 is 2.29 bits per heavy atom. The number of hydrogen-bond donors (Lipinski definition) is 1. The van der Waals surface area contributed by atoms with Crippen molar-refractivity contribution in [1.29, 1.82) is 0 Å². The van der Waals surface area contributed by atoms with Gasteiger partial charge in [0.25, 0.3) is 0 Å². The van der Waals surface area contributed by atoms with Gasteiger partial charge in [0.1, 0.15) is 0 Å². The maximum absolute atomic E-state index is 10.8. The zero-order valence-electron chi connectivity index (χ0n) is 9.12. The van der Waals surface area contributed by atoms with E-state index in [4.69, 9.17) is 8.85 Å². The fourth-order valence-electron chi connectivity index (χ4n) is 1.09. The van der Waals surface area contributed by atoms with E-state index in [1.54, 1.807) is 14.2 Å². The third-order valence-corrected chi connectivity index (χ3v) is 3.99. The highest BCUT2D eigenvalue weighted by Gasteiger charge is 2.25. The third kappa shape index (κ3) is 4.59. The number of alkyl carbamates (subject to hydrolysis) is 1. The smallest absolute Gasteiger partial charge is 0.406 e. The summed E-state index contributed by atoms with van der Waals surface area (Å²) < 4.78 is 14.9. The van der Waals surface area contributed by atoms with Crippen LogP contribution in [0, 0.1) is 0 Å². The second-order valence-electron chi connectivity index (χ2n) is 2.70. The van der Waals surface area contributed by atoms with E-state index in [-0.39, 0.29) is 5.54 Å². The monoisotopic (exact) mass is 220 g/mol. The molecule has 0 aromatic rings. The molecule has 83 valence electrons. The van der Waals surface area contributed by atoms with E-state index < -0.39 is 15.4 Å². The molecule has 1 N–H and O–H groups in total. The topological polar surface area (TPSA) is 56.8 Å². The molecule has 1 radical (unpaired) electrons. The maximum atomic E-state index is 10.8. The lowest BCUT2D eigenvalue weighted by Gasteiger charge is -2.19. The molecule has 1 unspecified atom stereocenters. The second kappa shape index (κ2) is 7.78. The lowest BCUT2D eigenvalue weighted by molar-refractivity contribution is 0.170. The fraction of sp³-hybridized carbons (Fsp3) is 0.875. The van der Waals surface area contributed by atoms with Gasteiger partial charge in [-0.3, -0.25) is 0 Å². The number of amides is 1. The van der Waals surface area contributed by atoms with Crippen molar-refractivity contribution in [2.24, 2.45) is 0 Å². The van der Waals surface area contributed by atoms with Gasteiger partial charge in [0.2, 0.25) is 0 Å². The minimum atomic E-state index is -1.29. The molecular formula is C8H18NO4Si. The Hall–Kier alpha value is -0.593. The van der Waals surface area contributed by atoms with E-state index in [1.807, 2.05) is 6.92 Å². The van der Waals surface area contributed by atoms with Gasteiger partial charge in [-0.05, 0) is 6.42 Å². The number of nitrogens with one attached hydrogen (secondary N) is 1. The average Bonchev–Trinajstić information content (AvgIpc) is 2.23. The van der Waals surface area contributed by atoms with Gasteiger partial charge < -0.3 is 18.9 Å². The Bertz CT molecular complexity index is 163. The van der Waals surface area contributed by atoms with Gasteiger partial charge in [-0.2, -0.15) is 0 Å². The van der Waals surface area contributed by atoms with Gasteiger partial charge in [-0.15, -0.1) is 0 Å². The number of hydrogen-bond acceptors (Lipinski definition) is 4. The summed E-state index contributed by atoms with van der Waals surface area (Å²) in [6.45, 7) is 2.56. The molecule has 1 amide bonds. The highest BCUT2D eigenvalue weighted by molar-refractivity contribution is 6.46. The third-order valence-electron chi connectivity index (χ3n) is 1.91. The quantitative estimate of drug-likeness (QED) is 0.676. The Morgan fingerprint density at radius 2 is 1.93 bits per heavy atom. The molecule has 0 heterocycles. The molecule has 0 aliphatic heterocycles. The van der Waals surface area contributed by atoms with Crippen LogP contribution >= 0.6 is 0 Å². The van der Waals surface area contributed by atoms with Crippen molar-refractivity contribution in [2.75, 3.05) is 27.9 Å². The summed E-state index contributed by atoms with van der Waals surface area (Å²) in [6.07, 6.45) is 0.483. The first-order chi connectivity index (χ1) is 6.69. The van der Waals surface area contributed by atoms with Crippen LogP contribution in [0.4, 0.5) is 4.79 Å². The lowest BCUT2D eigenvalue weighted by atomic mass is 10.3. The summed E-state index contributed by atoms with van der Waals surface area (Å²) in [7, 11) is 3.30. The van der Waals surface area contributed by atoms with Crippen LogP contribution < -0.4 is 5.32 Å². The van der Waals surface area contributed by atoms with E-state index in [0.717, 1.165) is 6.42 Å². The molecule has 0 aliphatic carbocycles. The number of methoxy groups -OCH3 is 1. The molecule has 0 saturated heterocycles. The van der Waals surface area contributed by atoms with Crippen LogP contribution in [0.25, 0.3) is 0 Å². The van der Waals surface area contributed by atoms with Crippen LogP contribution in [-0.2, 0) is 13.6 Å².